The second-order valence-electron chi connectivity index (χ2n) is 7.71. The smallest absolute Gasteiger partial charge is 0.259 e. The third-order valence-electron chi connectivity index (χ3n) is 5.53. The van der Waals surface area contributed by atoms with Gasteiger partial charge in [0.25, 0.3) is 5.56 Å². The number of rotatable bonds is 6. The summed E-state index contributed by atoms with van der Waals surface area (Å²) in [5, 5.41) is 0.851. The summed E-state index contributed by atoms with van der Waals surface area (Å²) in [6, 6.07) is 25.6. The summed E-state index contributed by atoms with van der Waals surface area (Å²) >= 11 is 3.10. The van der Waals surface area contributed by atoms with E-state index in [-0.39, 0.29) is 5.56 Å². The lowest BCUT2D eigenvalue weighted by Crippen LogP contribution is -2.13. The Labute approximate surface area is 203 Å². The number of nitrogens with zero attached hydrogens (tertiary/aromatic N) is 4. The zero-order valence-electron chi connectivity index (χ0n) is 18.3. The summed E-state index contributed by atoms with van der Waals surface area (Å²) in [6.45, 7) is 2.60. The third kappa shape index (κ3) is 3.65. The quantitative estimate of drug-likeness (QED) is 0.274. The molecule has 8 heteroatoms. The Bertz CT molecular complexity index is 1700. The zero-order valence-corrected chi connectivity index (χ0v) is 20.0. The second kappa shape index (κ2) is 8.62. The van der Waals surface area contributed by atoms with Gasteiger partial charge in [-0.3, -0.25) is 13.8 Å². The summed E-state index contributed by atoms with van der Waals surface area (Å²) in [5.41, 5.74) is 4.54. The number of thiazole rings is 1. The SMILES string of the molecule is CCOc1ccc(-n2c(SCc3cc(=O)n4c(n3)sc3ccccc34)nc3ccccc32)cc1. The molecule has 0 bridgehead atoms. The van der Waals surface area contributed by atoms with Crippen LogP contribution in [0.25, 0.3) is 31.9 Å². The highest BCUT2D eigenvalue weighted by atomic mass is 32.2. The molecule has 0 saturated heterocycles. The zero-order chi connectivity index (χ0) is 23.1. The van der Waals surface area contributed by atoms with Crippen molar-refractivity contribution in [2.45, 2.75) is 17.8 Å². The normalized spacial score (nSPS) is 11.6. The van der Waals surface area contributed by atoms with Crippen molar-refractivity contribution in [2.75, 3.05) is 6.61 Å². The maximum atomic E-state index is 12.9. The minimum absolute atomic E-state index is 0.0573. The number of hydrogen-bond acceptors (Lipinski definition) is 6. The molecule has 0 fully saturated rings. The summed E-state index contributed by atoms with van der Waals surface area (Å²) < 4.78 is 10.5. The van der Waals surface area contributed by atoms with Crippen molar-refractivity contribution in [2.24, 2.45) is 0 Å². The molecule has 6 rings (SSSR count). The molecule has 0 aliphatic heterocycles. The number of hydrogen-bond donors (Lipinski definition) is 0. The molecule has 0 saturated carbocycles. The van der Waals surface area contributed by atoms with Crippen LogP contribution in [0.1, 0.15) is 12.6 Å². The Kier molecular flexibility index (Phi) is 5.31. The van der Waals surface area contributed by atoms with E-state index in [4.69, 9.17) is 14.7 Å². The lowest BCUT2D eigenvalue weighted by molar-refractivity contribution is 0.340. The van der Waals surface area contributed by atoms with Crippen LogP contribution in [0.2, 0.25) is 0 Å². The molecule has 0 N–H and O–H groups in total. The van der Waals surface area contributed by atoms with Crippen LogP contribution in [0.3, 0.4) is 0 Å². The standard InChI is InChI=1S/C26H20N4O2S2/c1-2-32-19-13-11-18(12-14-19)29-21-8-4-3-7-20(21)28-25(29)33-16-17-15-24(31)30-22-9-5-6-10-23(22)34-26(30)27-17/h3-15H,2,16H2,1H3. The largest absolute Gasteiger partial charge is 0.494 e. The van der Waals surface area contributed by atoms with Crippen LogP contribution in [0.4, 0.5) is 0 Å². The summed E-state index contributed by atoms with van der Waals surface area (Å²) in [5.74, 6) is 1.38. The van der Waals surface area contributed by atoms with Gasteiger partial charge in [-0.15, -0.1) is 0 Å². The van der Waals surface area contributed by atoms with Crippen LogP contribution < -0.4 is 10.3 Å². The number of thioether (sulfide) groups is 1. The van der Waals surface area contributed by atoms with E-state index in [1.165, 1.54) is 11.3 Å². The van der Waals surface area contributed by atoms with Crippen molar-refractivity contribution in [3.63, 3.8) is 0 Å². The van der Waals surface area contributed by atoms with Gasteiger partial charge in [0.1, 0.15) is 5.75 Å². The van der Waals surface area contributed by atoms with Gasteiger partial charge in [-0.05, 0) is 55.5 Å². The van der Waals surface area contributed by atoms with Gasteiger partial charge in [0, 0.05) is 17.5 Å². The summed E-state index contributed by atoms with van der Waals surface area (Å²) in [4.78, 5) is 23.3. The molecule has 0 aliphatic carbocycles. The van der Waals surface area contributed by atoms with Gasteiger partial charge in [0.15, 0.2) is 10.1 Å². The molecule has 3 aromatic carbocycles. The number of aromatic nitrogens is 4. The molecule has 3 aromatic heterocycles. The van der Waals surface area contributed by atoms with E-state index in [9.17, 15) is 4.79 Å². The van der Waals surface area contributed by atoms with E-state index in [2.05, 4.69) is 10.6 Å². The molecular weight excluding hydrogens is 464 g/mol. The maximum Gasteiger partial charge on any atom is 0.259 e. The first-order valence-electron chi connectivity index (χ1n) is 10.9. The molecule has 0 aliphatic rings. The van der Waals surface area contributed by atoms with Crippen LogP contribution in [0.5, 0.6) is 5.75 Å². The summed E-state index contributed by atoms with van der Waals surface area (Å²) in [7, 11) is 0. The molecule has 0 unspecified atom stereocenters. The van der Waals surface area contributed by atoms with Crippen LogP contribution >= 0.6 is 23.1 Å². The van der Waals surface area contributed by atoms with Crippen molar-refractivity contribution < 1.29 is 4.74 Å². The number of benzene rings is 3. The molecule has 168 valence electrons. The summed E-state index contributed by atoms with van der Waals surface area (Å²) in [6.07, 6.45) is 0. The molecule has 6 aromatic rings. The lowest BCUT2D eigenvalue weighted by Gasteiger charge is -2.10. The topological polar surface area (TPSA) is 61.4 Å². The first-order valence-corrected chi connectivity index (χ1v) is 12.8. The number of fused-ring (bicyclic) bond motifs is 4. The third-order valence-corrected chi connectivity index (χ3v) is 7.53. The molecular formula is C26H20N4O2S2. The number of imidazole rings is 1. The second-order valence-corrected chi connectivity index (χ2v) is 9.66. The van der Waals surface area contributed by atoms with E-state index >= 15 is 0 Å². The Balaban J connectivity index is 1.37. The van der Waals surface area contributed by atoms with Crippen molar-refractivity contribution in [1.82, 2.24) is 18.9 Å². The molecule has 34 heavy (non-hydrogen) atoms. The van der Waals surface area contributed by atoms with Crippen LogP contribution in [-0.2, 0) is 5.75 Å². The van der Waals surface area contributed by atoms with Gasteiger partial charge in [-0.25, -0.2) is 9.97 Å². The first-order chi connectivity index (χ1) is 16.7. The Morgan fingerprint density at radius 3 is 2.53 bits per heavy atom. The predicted octanol–water partition coefficient (Wildman–Crippen LogP) is 5.94. The van der Waals surface area contributed by atoms with Gasteiger partial charge in [0.2, 0.25) is 0 Å². The minimum Gasteiger partial charge on any atom is -0.494 e. The number of ether oxygens (including phenoxy) is 1. The highest BCUT2D eigenvalue weighted by Gasteiger charge is 2.15. The fourth-order valence-corrected chi connectivity index (χ4v) is 6.01. The van der Waals surface area contributed by atoms with Crippen LogP contribution in [-0.4, -0.2) is 25.5 Å². The van der Waals surface area contributed by atoms with Gasteiger partial charge in [-0.2, -0.15) is 0 Å². The van der Waals surface area contributed by atoms with E-state index in [0.717, 1.165) is 43.5 Å². The van der Waals surface area contributed by atoms with Crippen molar-refractivity contribution in [3.8, 4) is 11.4 Å². The van der Waals surface area contributed by atoms with Crippen LogP contribution in [0, 0.1) is 0 Å². The average molecular weight is 485 g/mol. The van der Waals surface area contributed by atoms with Crippen molar-refractivity contribution in [3.05, 3.63) is 94.9 Å². The molecule has 0 amide bonds. The maximum absolute atomic E-state index is 12.9. The van der Waals surface area contributed by atoms with E-state index in [1.54, 1.807) is 22.2 Å². The lowest BCUT2D eigenvalue weighted by atomic mass is 10.2. The van der Waals surface area contributed by atoms with Gasteiger partial charge < -0.3 is 4.74 Å². The van der Waals surface area contributed by atoms with E-state index in [1.807, 2.05) is 73.7 Å². The molecule has 3 heterocycles. The molecule has 0 atom stereocenters. The Morgan fingerprint density at radius 1 is 0.941 bits per heavy atom. The average Bonchev–Trinajstić information content (AvgIpc) is 3.42. The molecule has 6 nitrogen and oxygen atoms in total. The van der Waals surface area contributed by atoms with Crippen molar-refractivity contribution >= 4 is 49.3 Å². The number of para-hydroxylation sites is 3. The first kappa shape index (κ1) is 20.9. The highest BCUT2D eigenvalue weighted by Crippen LogP contribution is 2.31. The highest BCUT2D eigenvalue weighted by molar-refractivity contribution is 7.98. The van der Waals surface area contributed by atoms with Gasteiger partial charge in [-0.1, -0.05) is 47.4 Å². The van der Waals surface area contributed by atoms with Gasteiger partial charge in [0.05, 0.1) is 33.6 Å². The van der Waals surface area contributed by atoms with E-state index < -0.39 is 0 Å². The Morgan fingerprint density at radius 2 is 1.71 bits per heavy atom. The fraction of sp³-hybridized carbons (Fsp3) is 0.115. The Hall–Kier alpha value is -3.62. The predicted molar refractivity (Wildman–Crippen MR) is 139 cm³/mol. The molecule has 0 spiro atoms. The van der Waals surface area contributed by atoms with Crippen LogP contribution in [0.15, 0.2) is 88.8 Å². The van der Waals surface area contributed by atoms with E-state index in [0.29, 0.717) is 17.3 Å². The monoisotopic (exact) mass is 484 g/mol. The van der Waals surface area contributed by atoms with Gasteiger partial charge >= 0.3 is 0 Å². The fourth-order valence-electron chi connectivity index (χ4n) is 4.04. The molecule has 0 radical (unpaired) electrons. The minimum atomic E-state index is -0.0573. The van der Waals surface area contributed by atoms with Crippen molar-refractivity contribution in [1.29, 1.82) is 0 Å².